The molecule has 170 valence electrons. The van der Waals surface area contributed by atoms with Crippen molar-refractivity contribution in [1.29, 1.82) is 0 Å². The Kier molecular flexibility index (Phi) is 8.59. The molecule has 2 rings (SSSR count). The van der Waals surface area contributed by atoms with E-state index in [0.717, 1.165) is 18.2 Å². The quantitative estimate of drug-likeness (QED) is 0.424. The smallest absolute Gasteiger partial charge is 0.416 e. The van der Waals surface area contributed by atoms with Crippen molar-refractivity contribution in [1.82, 2.24) is 10.9 Å². The topological polar surface area (TPSA) is 114 Å². The molecule has 3 amide bonds. The number of nitrogens with one attached hydrogen (secondary N) is 3. The molecule has 0 fully saturated rings. The van der Waals surface area contributed by atoms with Crippen molar-refractivity contribution in [2.75, 3.05) is 11.9 Å². The van der Waals surface area contributed by atoms with Crippen molar-refractivity contribution in [3.05, 3.63) is 64.7 Å². The summed E-state index contributed by atoms with van der Waals surface area (Å²) in [6.45, 7) is -0.713. The van der Waals surface area contributed by atoms with E-state index in [2.05, 4.69) is 15.5 Å². The first-order valence-corrected chi connectivity index (χ1v) is 9.40. The van der Waals surface area contributed by atoms with Gasteiger partial charge in [0, 0.05) is 22.7 Å². The first-order valence-electron chi connectivity index (χ1n) is 9.02. The summed E-state index contributed by atoms with van der Waals surface area (Å²) in [5, 5.41) is 2.68. The average molecular weight is 472 g/mol. The van der Waals surface area contributed by atoms with Crippen LogP contribution in [0.1, 0.15) is 28.8 Å². The van der Waals surface area contributed by atoms with E-state index < -0.39 is 48.5 Å². The normalized spacial score (nSPS) is 10.8. The molecule has 0 aromatic heterocycles. The van der Waals surface area contributed by atoms with E-state index in [1.54, 1.807) is 0 Å². The minimum atomic E-state index is -4.56. The van der Waals surface area contributed by atoms with Crippen LogP contribution in [0.25, 0.3) is 0 Å². The van der Waals surface area contributed by atoms with Crippen molar-refractivity contribution in [2.45, 2.75) is 19.0 Å². The molecule has 0 aliphatic rings. The number of benzene rings is 2. The van der Waals surface area contributed by atoms with E-state index in [1.165, 1.54) is 30.3 Å². The number of esters is 1. The summed E-state index contributed by atoms with van der Waals surface area (Å²) in [6.07, 6.45) is -5.33. The fourth-order valence-corrected chi connectivity index (χ4v) is 2.39. The number of alkyl halides is 3. The third-order valence-electron chi connectivity index (χ3n) is 3.82. The van der Waals surface area contributed by atoms with Gasteiger partial charge < -0.3 is 10.1 Å². The molecule has 12 heteroatoms. The van der Waals surface area contributed by atoms with Crippen LogP contribution >= 0.6 is 11.6 Å². The monoisotopic (exact) mass is 471 g/mol. The molecule has 0 spiro atoms. The Morgan fingerprint density at radius 1 is 0.906 bits per heavy atom. The van der Waals surface area contributed by atoms with Gasteiger partial charge >= 0.3 is 12.1 Å². The van der Waals surface area contributed by atoms with Gasteiger partial charge in [-0.05, 0) is 42.5 Å². The van der Waals surface area contributed by atoms with Crippen molar-refractivity contribution < 1.29 is 37.1 Å². The average Bonchev–Trinajstić information content (AvgIpc) is 2.74. The highest BCUT2D eigenvalue weighted by Gasteiger charge is 2.30. The third-order valence-corrected chi connectivity index (χ3v) is 4.07. The van der Waals surface area contributed by atoms with Gasteiger partial charge in [0.1, 0.15) is 0 Å². The molecule has 0 atom stereocenters. The number of rotatable bonds is 7. The number of halogens is 4. The van der Waals surface area contributed by atoms with E-state index in [4.69, 9.17) is 11.6 Å². The Labute approximate surface area is 185 Å². The Bertz CT molecular complexity index is 997. The van der Waals surface area contributed by atoms with Crippen LogP contribution in [0.15, 0.2) is 48.5 Å². The van der Waals surface area contributed by atoms with Gasteiger partial charge in [-0.15, -0.1) is 0 Å². The maximum Gasteiger partial charge on any atom is 0.416 e. The number of hydrogen-bond donors (Lipinski definition) is 3. The number of hydrogen-bond acceptors (Lipinski definition) is 5. The molecule has 0 heterocycles. The van der Waals surface area contributed by atoms with Crippen LogP contribution in [0.5, 0.6) is 0 Å². The summed E-state index contributed by atoms with van der Waals surface area (Å²) in [4.78, 5) is 46.9. The Hall–Kier alpha value is -3.60. The number of ether oxygens (including phenoxy) is 1. The predicted molar refractivity (Wildman–Crippen MR) is 107 cm³/mol. The SMILES string of the molecule is O=C(COC(=O)CCC(=O)Nc1cccc(C(F)(F)F)c1)NNC(=O)c1ccc(Cl)cc1. The van der Waals surface area contributed by atoms with Crippen LogP contribution in [0.3, 0.4) is 0 Å². The van der Waals surface area contributed by atoms with Gasteiger partial charge in [-0.25, -0.2) is 0 Å². The highest BCUT2D eigenvalue weighted by Crippen LogP contribution is 2.30. The minimum absolute atomic E-state index is 0.0750. The van der Waals surface area contributed by atoms with Gasteiger partial charge in [-0.3, -0.25) is 30.0 Å². The second-order valence-corrected chi connectivity index (χ2v) is 6.73. The summed E-state index contributed by atoms with van der Waals surface area (Å²) in [6, 6.07) is 9.88. The summed E-state index contributed by atoms with van der Waals surface area (Å²) >= 11 is 5.71. The molecule has 2 aromatic carbocycles. The number of amides is 3. The van der Waals surface area contributed by atoms with E-state index >= 15 is 0 Å². The van der Waals surface area contributed by atoms with Crippen molar-refractivity contribution >= 4 is 41.0 Å². The summed E-state index contributed by atoms with van der Waals surface area (Å²) in [5.41, 5.74) is 3.40. The third kappa shape index (κ3) is 8.26. The number of anilines is 1. The van der Waals surface area contributed by atoms with E-state index in [0.29, 0.717) is 5.02 Å². The zero-order chi connectivity index (χ0) is 23.7. The molecule has 0 saturated heterocycles. The van der Waals surface area contributed by atoms with Gasteiger partial charge in [0.25, 0.3) is 11.8 Å². The van der Waals surface area contributed by atoms with E-state index in [-0.39, 0.29) is 17.7 Å². The minimum Gasteiger partial charge on any atom is -0.455 e. The molecule has 32 heavy (non-hydrogen) atoms. The summed E-state index contributed by atoms with van der Waals surface area (Å²) in [5.74, 6) is -3.04. The largest absolute Gasteiger partial charge is 0.455 e. The molecule has 0 radical (unpaired) electrons. The lowest BCUT2D eigenvalue weighted by Gasteiger charge is -2.10. The Morgan fingerprint density at radius 3 is 2.25 bits per heavy atom. The van der Waals surface area contributed by atoms with Crippen LogP contribution in [0, 0.1) is 0 Å². The lowest BCUT2D eigenvalue weighted by Crippen LogP contribution is -2.43. The molecule has 0 aliphatic carbocycles. The second-order valence-electron chi connectivity index (χ2n) is 6.30. The zero-order valence-corrected chi connectivity index (χ0v) is 17.0. The van der Waals surface area contributed by atoms with Gasteiger partial charge in [0.2, 0.25) is 5.91 Å². The molecule has 3 N–H and O–H groups in total. The van der Waals surface area contributed by atoms with Crippen molar-refractivity contribution in [3.63, 3.8) is 0 Å². The molecule has 0 bridgehead atoms. The second kappa shape index (κ2) is 11.1. The molecular weight excluding hydrogens is 455 g/mol. The summed E-state index contributed by atoms with van der Waals surface area (Å²) in [7, 11) is 0. The number of carbonyl (C=O) groups is 4. The summed E-state index contributed by atoms with van der Waals surface area (Å²) < 4.78 is 42.7. The molecule has 0 saturated carbocycles. The first-order chi connectivity index (χ1) is 15.0. The molecule has 2 aromatic rings. The predicted octanol–water partition coefficient (Wildman–Crippen LogP) is 3.08. The van der Waals surface area contributed by atoms with Gasteiger partial charge in [0.15, 0.2) is 6.61 Å². The fourth-order valence-electron chi connectivity index (χ4n) is 2.27. The Balaban J connectivity index is 1.68. The number of carbonyl (C=O) groups excluding carboxylic acids is 4. The standard InChI is InChI=1S/C20H17ClF3N3O5/c21-14-6-4-12(5-7-14)19(31)27-26-17(29)11-32-18(30)9-8-16(28)25-15-3-1-2-13(10-15)20(22,23)24/h1-7,10H,8-9,11H2,(H,25,28)(H,26,29)(H,27,31). The fraction of sp³-hybridized carbons (Fsp3) is 0.200. The lowest BCUT2D eigenvalue weighted by molar-refractivity contribution is -0.149. The van der Waals surface area contributed by atoms with Gasteiger partial charge in [0.05, 0.1) is 12.0 Å². The van der Waals surface area contributed by atoms with Crippen LogP contribution in [-0.2, 0) is 25.3 Å². The highest BCUT2D eigenvalue weighted by atomic mass is 35.5. The van der Waals surface area contributed by atoms with Crippen molar-refractivity contribution in [3.8, 4) is 0 Å². The molecule has 8 nitrogen and oxygen atoms in total. The zero-order valence-electron chi connectivity index (χ0n) is 16.3. The van der Waals surface area contributed by atoms with Crippen LogP contribution in [0.2, 0.25) is 5.02 Å². The molecule has 0 unspecified atom stereocenters. The van der Waals surface area contributed by atoms with Gasteiger partial charge in [-0.1, -0.05) is 17.7 Å². The van der Waals surface area contributed by atoms with Crippen LogP contribution < -0.4 is 16.2 Å². The highest BCUT2D eigenvalue weighted by molar-refractivity contribution is 6.30. The van der Waals surface area contributed by atoms with Crippen LogP contribution in [0.4, 0.5) is 18.9 Å². The number of hydrazine groups is 1. The Morgan fingerprint density at radius 2 is 1.59 bits per heavy atom. The lowest BCUT2D eigenvalue weighted by atomic mass is 10.2. The maximum absolute atomic E-state index is 12.7. The van der Waals surface area contributed by atoms with E-state index in [9.17, 15) is 32.3 Å². The molecular formula is C20H17ClF3N3O5. The van der Waals surface area contributed by atoms with Crippen molar-refractivity contribution in [2.24, 2.45) is 0 Å². The first kappa shape index (κ1) is 24.7. The van der Waals surface area contributed by atoms with Gasteiger partial charge in [-0.2, -0.15) is 13.2 Å². The van der Waals surface area contributed by atoms with Crippen LogP contribution in [-0.4, -0.2) is 30.3 Å². The maximum atomic E-state index is 12.7. The van der Waals surface area contributed by atoms with E-state index in [1.807, 2.05) is 5.43 Å². The molecule has 0 aliphatic heterocycles.